The first-order valence-electron chi connectivity index (χ1n) is 7.74. The first-order valence-corrected chi connectivity index (χ1v) is 8.15. The van der Waals surface area contributed by atoms with Gasteiger partial charge in [0.1, 0.15) is 5.65 Å². The molecule has 0 aliphatic carbocycles. The summed E-state index contributed by atoms with van der Waals surface area (Å²) in [5.74, 6) is 0. The van der Waals surface area contributed by atoms with Crippen LogP contribution < -0.4 is 5.56 Å². The predicted octanol–water partition coefficient (Wildman–Crippen LogP) is 4.15. The highest BCUT2D eigenvalue weighted by Gasteiger charge is 2.07. The number of aromatic nitrogens is 4. The third-order valence-electron chi connectivity index (χ3n) is 3.87. The minimum absolute atomic E-state index is 0.209. The number of H-pyrrole nitrogens is 3. The number of nitrogens with zero attached hydrogens (tertiary/aromatic N) is 1. The molecule has 0 fully saturated rings. The van der Waals surface area contributed by atoms with Crippen molar-refractivity contribution in [1.82, 2.24) is 19.9 Å². The number of fused-ring (bicyclic) bond motifs is 1. The zero-order valence-corrected chi connectivity index (χ0v) is 13.9. The van der Waals surface area contributed by atoms with Crippen molar-refractivity contribution in [3.8, 4) is 11.3 Å². The van der Waals surface area contributed by atoms with Crippen molar-refractivity contribution >= 4 is 35.4 Å². The summed E-state index contributed by atoms with van der Waals surface area (Å²) < 4.78 is 0.298. The maximum Gasteiger partial charge on any atom is 0.261 e. The van der Waals surface area contributed by atoms with Crippen LogP contribution in [0.3, 0.4) is 0 Å². The summed E-state index contributed by atoms with van der Waals surface area (Å²) in [4.78, 5) is 25.1. The van der Waals surface area contributed by atoms with Crippen LogP contribution in [0.1, 0.15) is 11.3 Å². The van der Waals surface area contributed by atoms with Crippen LogP contribution in [-0.4, -0.2) is 19.9 Å². The number of hydrogen-bond acceptors (Lipinski definition) is 3. The van der Waals surface area contributed by atoms with Crippen molar-refractivity contribution in [3.63, 3.8) is 0 Å². The van der Waals surface area contributed by atoms with Crippen molar-refractivity contribution in [2.45, 2.75) is 0 Å². The lowest BCUT2D eigenvalue weighted by Crippen LogP contribution is -2.06. The molecule has 6 heteroatoms. The maximum atomic E-state index is 12.0. The Labute approximate surface area is 148 Å². The normalized spacial score (nSPS) is 11.4. The van der Waals surface area contributed by atoms with Gasteiger partial charge in [0.15, 0.2) is 4.77 Å². The lowest BCUT2D eigenvalue weighted by molar-refractivity contribution is 1.13. The highest BCUT2D eigenvalue weighted by molar-refractivity contribution is 7.71. The molecule has 1 aromatic carbocycles. The first-order chi connectivity index (χ1) is 12.2. The highest BCUT2D eigenvalue weighted by Crippen LogP contribution is 2.22. The lowest BCUT2D eigenvalue weighted by atomic mass is 10.1. The van der Waals surface area contributed by atoms with Gasteiger partial charge in [0.25, 0.3) is 5.56 Å². The van der Waals surface area contributed by atoms with Crippen LogP contribution in [0.15, 0.2) is 59.5 Å². The summed E-state index contributed by atoms with van der Waals surface area (Å²) in [6.45, 7) is 0. The Kier molecular flexibility index (Phi) is 3.87. The fourth-order valence-electron chi connectivity index (χ4n) is 2.66. The molecule has 122 valence electrons. The average molecular weight is 346 g/mol. The molecule has 0 saturated heterocycles. The molecular weight excluding hydrogens is 332 g/mol. The summed E-state index contributed by atoms with van der Waals surface area (Å²) in [5, 5.41) is 0.543. The van der Waals surface area contributed by atoms with E-state index in [-0.39, 0.29) is 5.56 Å². The summed E-state index contributed by atoms with van der Waals surface area (Å²) >= 11 is 5.00. The molecule has 4 aromatic rings. The summed E-state index contributed by atoms with van der Waals surface area (Å²) in [6.07, 6.45) is 5.72. The number of nitrogens with one attached hydrogen (secondary N) is 3. The second-order valence-electron chi connectivity index (χ2n) is 5.59. The second-order valence-corrected chi connectivity index (χ2v) is 6.00. The SMILES string of the molecule is O=c1[nH]c(=S)[nH]c2[nH]c(-c3ccnc(C=Cc4ccccc4)c3)cc12. The van der Waals surface area contributed by atoms with Gasteiger partial charge in [0.05, 0.1) is 11.1 Å². The van der Waals surface area contributed by atoms with E-state index in [4.69, 9.17) is 12.2 Å². The maximum absolute atomic E-state index is 12.0. The molecule has 5 nitrogen and oxygen atoms in total. The zero-order valence-electron chi connectivity index (χ0n) is 13.1. The van der Waals surface area contributed by atoms with E-state index in [9.17, 15) is 4.79 Å². The van der Waals surface area contributed by atoms with E-state index >= 15 is 0 Å². The number of pyridine rings is 1. The van der Waals surface area contributed by atoms with E-state index in [0.717, 1.165) is 22.5 Å². The Morgan fingerprint density at radius 2 is 1.80 bits per heavy atom. The van der Waals surface area contributed by atoms with Crippen LogP contribution in [0.2, 0.25) is 0 Å². The van der Waals surface area contributed by atoms with Gasteiger partial charge in [-0.05, 0) is 42.1 Å². The lowest BCUT2D eigenvalue weighted by Gasteiger charge is -1.99. The fraction of sp³-hybridized carbons (Fsp3) is 0. The van der Waals surface area contributed by atoms with Gasteiger partial charge >= 0.3 is 0 Å². The topological polar surface area (TPSA) is 77.3 Å². The average Bonchev–Trinajstić information content (AvgIpc) is 3.06. The minimum atomic E-state index is -0.209. The number of benzene rings is 1. The van der Waals surface area contributed by atoms with Gasteiger partial charge in [-0.15, -0.1) is 0 Å². The molecule has 0 aliphatic heterocycles. The Hall–Kier alpha value is -3.25. The Bertz CT molecular complexity index is 1190. The second kappa shape index (κ2) is 6.33. The number of rotatable bonds is 3. The van der Waals surface area contributed by atoms with Gasteiger partial charge in [0.2, 0.25) is 0 Å². The molecule has 0 aliphatic rings. The zero-order chi connectivity index (χ0) is 17.2. The van der Waals surface area contributed by atoms with Crippen molar-refractivity contribution in [1.29, 1.82) is 0 Å². The Morgan fingerprint density at radius 1 is 0.960 bits per heavy atom. The van der Waals surface area contributed by atoms with E-state index in [1.54, 1.807) is 12.3 Å². The molecule has 0 radical (unpaired) electrons. The Morgan fingerprint density at radius 3 is 2.64 bits per heavy atom. The standard InChI is InChI=1S/C19H14N4OS/c24-18-15-11-16(21-17(15)22-19(25)23-18)13-8-9-20-14(10-13)7-6-12-4-2-1-3-5-12/h1-11H,(H3,21,22,23,24,25). The molecule has 3 heterocycles. The molecule has 3 N–H and O–H groups in total. The summed E-state index contributed by atoms with van der Waals surface area (Å²) in [5.41, 5.74) is 4.12. The van der Waals surface area contributed by atoms with E-state index in [0.29, 0.717) is 15.8 Å². The van der Waals surface area contributed by atoms with Crippen molar-refractivity contribution in [3.05, 3.63) is 81.1 Å². The van der Waals surface area contributed by atoms with E-state index in [1.807, 2.05) is 54.6 Å². The van der Waals surface area contributed by atoms with Crippen LogP contribution in [0.4, 0.5) is 0 Å². The van der Waals surface area contributed by atoms with Crippen LogP contribution in [0, 0.1) is 4.77 Å². The van der Waals surface area contributed by atoms with Crippen LogP contribution in [0.5, 0.6) is 0 Å². The van der Waals surface area contributed by atoms with Gasteiger partial charge in [-0.2, -0.15) is 0 Å². The number of aromatic amines is 3. The minimum Gasteiger partial charge on any atom is -0.341 e. The van der Waals surface area contributed by atoms with Crippen LogP contribution in [0.25, 0.3) is 34.4 Å². The summed E-state index contributed by atoms with van der Waals surface area (Å²) in [6, 6.07) is 15.7. The van der Waals surface area contributed by atoms with Gasteiger partial charge in [-0.1, -0.05) is 36.4 Å². The van der Waals surface area contributed by atoms with Gasteiger partial charge in [0, 0.05) is 17.5 Å². The largest absolute Gasteiger partial charge is 0.341 e. The molecule has 0 bridgehead atoms. The molecule has 0 spiro atoms. The molecule has 0 amide bonds. The molecule has 25 heavy (non-hydrogen) atoms. The molecular formula is C19H14N4OS. The molecule has 0 atom stereocenters. The van der Waals surface area contributed by atoms with Crippen molar-refractivity contribution in [2.24, 2.45) is 0 Å². The fourth-order valence-corrected chi connectivity index (χ4v) is 2.85. The van der Waals surface area contributed by atoms with E-state index in [1.165, 1.54) is 0 Å². The Balaban J connectivity index is 1.72. The quantitative estimate of drug-likeness (QED) is 0.488. The first kappa shape index (κ1) is 15.3. The monoisotopic (exact) mass is 346 g/mol. The van der Waals surface area contributed by atoms with Gasteiger partial charge in [-0.3, -0.25) is 14.8 Å². The molecule has 3 aromatic heterocycles. The van der Waals surface area contributed by atoms with Crippen molar-refractivity contribution < 1.29 is 0 Å². The van der Waals surface area contributed by atoms with E-state index in [2.05, 4.69) is 19.9 Å². The third kappa shape index (κ3) is 3.20. The smallest absolute Gasteiger partial charge is 0.261 e. The van der Waals surface area contributed by atoms with Crippen molar-refractivity contribution in [2.75, 3.05) is 0 Å². The third-order valence-corrected chi connectivity index (χ3v) is 4.07. The molecule has 0 unspecified atom stereocenters. The van der Waals surface area contributed by atoms with Gasteiger partial charge < -0.3 is 9.97 Å². The highest BCUT2D eigenvalue weighted by atomic mass is 32.1. The van der Waals surface area contributed by atoms with E-state index < -0.39 is 0 Å². The number of hydrogen-bond donors (Lipinski definition) is 3. The van der Waals surface area contributed by atoms with Crippen LogP contribution in [-0.2, 0) is 0 Å². The van der Waals surface area contributed by atoms with Crippen LogP contribution >= 0.6 is 12.2 Å². The molecule has 0 saturated carbocycles. The summed E-state index contributed by atoms with van der Waals surface area (Å²) in [7, 11) is 0. The predicted molar refractivity (Wildman–Crippen MR) is 103 cm³/mol. The molecule has 4 rings (SSSR count). The van der Waals surface area contributed by atoms with Gasteiger partial charge in [-0.25, -0.2) is 0 Å².